The molecule has 1 aliphatic rings. The average molecular weight is 370 g/mol. The summed E-state index contributed by atoms with van der Waals surface area (Å²) in [5, 5.41) is 5.35. The summed E-state index contributed by atoms with van der Waals surface area (Å²) < 4.78 is 4.98. The number of hydrogen-bond acceptors (Lipinski definition) is 5. The number of hydrogen-bond donors (Lipinski definition) is 2. The number of nitrogens with one attached hydrogen (secondary N) is 2. The number of nitrogens with zero attached hydrogens (tertiary/aromatic N) is 2. The quantitative estimate of drug-likeness (QED) is 0.738. The van der Waals surface area contributed by atoms with Crippen LogP contribution < -0.4 is 5.32 Å². The number of anilines is 1. The smallest absolute Gasteiger partial charge is 0.257 e. The molecular formula is C18H18N4O3S. The van der Waals surface area contributed by atoms with Gasteiger partial charge in [0.1, 0.15) is 6.26 Å². The SMILES string of the molecule is O=C(Nc1nc(-c2ccc[nH]2)cs1)C1CCCN(C(=O)c2ccoc2)C1. The second-order valence-electron chi connectivity index (χ2n) is 6.21. The molecule has 26 heavy (non-hydrogen) atoms. The van der Waals surface area contributed by atoms with E-state index in [2.05, 4.69) is 15.3 Å². The molecule has 0 spiro atoms. The lowest BCUT2D eigenvalue weighted by molar-refractivity contribution is -0.121. The van der Waals surface area contributed by atoms with Gasteiger partial charge >= 0.3 is 0 Å². The molecule has 1 fully saturated rings. The van der Waals surface area contributed by atoms with Crippen LogP contribution in [0.25, 0.3) is 11.4 Å². The number of thiazole rings is 1. The summed E-state index contributed by atoms with van der Waals surface area (Å²) in [6.45, 7) is 1.06. The zero-order chi connectivity index (χ0) is 17.9. The molecule has 134 valence electrons. The predicted octanol–water partition coefficient (Wildman–Crippen LogP) is 3.22. The first-order valence-corrected chi connectivity index (χ1v) is 9.30. The van der Waals surface area contributed by atoms with Gasteiger partial charge < -0.3 is 19.6 Å². The molecular weight excluding hydrogens is 352 g/mol. The van der Waals surface area contributed by atoms with E-state index in [1.807, 2.05) is 23.7 Å². The molecule has 4 rings (SSSR count). The Bertz CT molecular complexity index is 886. The van der Waals surface area contributed by atoms with Crippen molar-refractivity contribution >= 4 is 28.3 Å². The number of aromatic amines is 1. The van der Waals surface area contributed by atoms with Crippen molar-refractivity contribution in [1.82, 2.24) is 14.9 Å². The molecule has 1 unspecified atom stereocenters. The summed E-state index contributed by atoms with van der Waals surface area (Å²) in [5.41, 5.74) is 2.23. The van der Waals surface area contributed by atoms with Crippen LogP contribution in [0, 0.1) is 5.92 Å². The van der Waals surface area contributed by atoms with E-state index in [-0.39, 0.29) is 17.7 Å². The highest BCUT2D eigenvalue weighted by Crippen LogP contribution is 2.25. The molecule has 0 saturated carbocycles. The first-order chi connectivity index (χ1) is 12.7. The number of aromatic nitrogens is 2. The molecule has 1 aliphatic heterocycles. The van der Waals surface area contributed by atoms with Gasteiger partial charge in [0.15, 0.2) is 5.13 Å². The Morgan fingerprint density at radius 3 is 3.08 bits per heavy atom. The maximum atomic E-state index is 12.6. The van der Waals surface area contributed by atoms with E-state index < -0.39 is 0 Å². The second-order valence-corrected chi connectivity index (χ2v) is 7.07. The third-order valence-corrected chi connectivity index (χ3v) is 5.21. The average Bonchev–Trinajstić information content (AvgIpc) is 3.42. The largest absolute Gasteiger partial charge is 0.472 e. The van der Waals surface area contributed by atoms with Crippen molar-refractivity contribution in [3.63, 3.8) is 0 Å². The van der Waals surface area contributed by atoms with Gasteiger partial charge in [-0.3, -0.25) is 9.59 Å². The standard InChI is InChI=1S/C18H18N4O3S/c23-16(21-18-20-15(11-26-18)14-4-1-6-19-14)12-3-2-7-22(9-12)17(24)13-5-8-25-10-13/h1,4-6,8,10-12,19H,2-3,7,9H2,(H,20,21,23). The molecule has 2 N–H and O–H groups in total. The van der Waals surface area contributed by atoms with Gasteiger partial charge in [0.2, 0.25) is 5.91 Å². The predicted molar refractivity (Wildman–Crippen MR) is 97.9 cm³/mol. The number of piperidine rings is 1. The van der Waals surface area contributed by atoms with E-state index in [1.165, 1.54) is 23.9 Å². The molecule has 1 saturated heterocycles. The zero-order valence-electron chi connectivity index (χ0n) is 14.0. The maximum Gasteiger partial charge on any atom is 0.257 e. The Kier molecular flexibility index (Phi) is 4.57. The molecule has 7 nitrogen and oxygen atoms in total. The van der Waals surface area contributed by atoms with E-state index in [4.69, 9.17) is 4.42 Å². The fourth-order valence-corrected chi connectivity index (χ4v) is 3.81. The van der Waals surface area contributed by atoms with Crippen molar-refractivity contribution < 1.29 is 14.0 Å². The molecule has 0 aromatic carbocycles. The van der Waals surface area contributed by atoms with Gasteiger partial charge in [-0.2, -0.15) is 0 Å². The van der Waals surface area contributed by atoms with Crippen LogP contribution in [0.1, 0.15) is 23.2 Å². The third-order valence-electron chi connectivity index (χ3n) is 4.46. The second kappa shape index (κ2) is 7.17. The molecule has 0 bridgehead atoms. The van der Waals surface area contributed by atoms with Gasteiger partial charge in [-0.05, 0) is 31.0 Å². The van der Waals surface area contributed by atoms with E-state index in [0.29, 0.717) is 23.8 Å². The summed E-state index contributed by atoms with van der Waals surface area (Å²) in [7, 11) is 0. The van der Waals surface area contributed by atoms with Crippen LogP contribution in [-0.2, 0) is 4.79 Å². The van der Waals surface area contributed by atoms with Crippen molar-refractivity contribution in [3.05, 3.63) is 47.9 Å². The first kappa shape index (κ1) is 16.6. The van der Waals surface area contributed by atoms with Crippen molar-refractivity contribution in [2.45, 2.75) is 12.8 Å². The fourth-order valence-electron chi connectivity index (χ4n) is 3.10. The van der Waals surface area contributed by atoms with Crippen LogP contribution in [0.15, 0.2) is 46.7 Å². The molecule has 0 aliphatic carbocycles. The Hall–Kier alpha value is -2.87. The number of rotatable bonds is 4. The third kappa shape index (κ3) is 3.41. The molecule has 3 aromatic rings. The molecule has 0 radical (unpaired) electrons. The topological polar surface area (TPSA) is 91.2 Å². The Labute approximate surface area is 154 Å². The minimum atomic E-state index is -0.238. The molecule has 1 atom stereocenters. The molecule has 4 heterocycles. The summed E-state index contributed by atoms with van der Waals surface area (Å²) >= 11 is 1.39. The van der Waals surface area contributed by atoms with Crippen molar-refractivity contribution in [2.24, 2.45) is 5.92 Å². The number of furan rings is 1. The number of carbonyl (C=O) groups excluding carboxylic acids is 2. The maximum absolute atomic E-state index is 12.6. The van der Waals surface area contributed by atoms with Gasteiger partial charge in [0.25, 0.3) is 5.91 Å². The van der Waals surface area contributed by atoms with Crippen molar-refractivity contribution in [1.29, 1.82) is 0 Å². The van der Waals surface area contributed by atoms with Crippen LogP contribution >= 0.6 is 11.3 Å². The van der Waals surface area contributed by atoms with E-state index in [0.717, 1.165) is 24.2 Å². The summed E-state index contributed by atoms with van der Waals surface area (Å²) in [6.07, 6.45) is 6.30. The number of H-pyrrole nitrogens is 1. The molecule has 3 aromatic heterocycles. The normalized spacial score (nSPS) is 17.2. The minimum absolute atomic E-state index is 0.0953. The number of likely N-dealkylation sites (tertiary alicyclic amines) is 1. The minimum Gasteiger partial charge on any atom is -0.472 e. The van der Waals surface area contributed by atoms with E-state index in [9.17, 15) is 9.59 Å². The number of carbonyl (C=O) groups is 2. The van der Waals surface area contributed by atoms with Gasteiger partial charge in [-0.1, -0.05) is 0 Å². The lowest BCUT2D eigenvalue weighted by Gasteiger charge is -2.31. The van der Waals surface area contributed by atoms with E-state index in [1.54, 1.807) is 11.0 Å². The van der Waals surface area contributed by atoms with Crippen LogP contribution in [0.2, 0.25) is 0 Å². The van der Waals surface area contributed by atoms with Crippen LogP contribution in [0.4, 0.5) is 5.13 Å². The number of amides is 2. The monoisotopic (exact) mass is 370 g/mol. The Morgan fingerprint density at radius 2 is 2.31 bits per heavy atom. The van der Waals surface area contributed by atoms with Gasteiger partial charge in [0, 0.05) is 24.7 Å². The first-order valence-electron chi connectivity index (χ1n) is 8.42. The van der Waals surface area contributed by atoms with E-state index >= 15 is 0 Å². The Morgan fingerprint density at radius 1 is 1.38 bits per heavy atom. The van der Waals surface area contributed by atoms with Crippen molar-refractivity contribution in [3.8, 4) is 11.4 Å². The van der Waals surface area contributed by atoms with Gasteiger partial charge in [-0.15, -0.1) is 11.3 Å². The van der Waals surface area contributed by atoms with Gasteiger partial charge in [0.05, 0.1) is 29.1 Å². The summed E-state index contributed by atoms with van der Waals surface area (Å²) in [5.74, 6) is -0.431. The highest BCUT2D eigenvalue weighted by atomic mass is 32.1. The van der Waals surface area contributed by atoms with Crippen molar-refractivity contribution in [2.75, 3.05) is 18.4 Å². The lowest BCUT2D eigenvalue weighted by atomic mass is 9.97. The zero-order valence-corrected chi connectivity index (χ0v) is 14.8. The summed E-state index contributed by atoms with van der Waals surface area (Å²) in [4.78, 5) is 34.3. The van der Waals surface area contributed by atoms with Crippen LogP contribution in [0.5, 0.6) is 0 Å². The highest BCUT2D eigenvalue weighted by Gasteiger charge is 2.29. The molecule has 2 amide bonds. The van der Waals surface area contributed by atoms with Gasteiger partial charge in [-0.25, -0.2) is 4.98 Å². The van der Waals surface area contributed by atoms with Crippen LogP contribution in [-0.4, -0.2) is 39.8 Å². The Balaban J connectivity index is 1.39. The fraction of sp³-hybridized carbons (Fsp3) is 0.278. The lowest BCUT2D eigenvalue weighted by Crippen LogP contribution is -2.43. The highest BCUT2D eigenvalue weighted by molar-refractivity contribution is 7.14. The summed E-state index contributed by atoms with van der Waals surface area (Å²) in [6, 6.07) is 5.48. The van der Waals surface area contributed by atoms with Crippen LogP contribution in [0.3, 0.4) is 0 Å². The molecule has 8 heteroatoms.